The summed E-state index contributed by atoms with van der Waals surface area (Å²) >= 11 is 0.951. The molecule has 1 aliphatic rings. The first-order valence-electron chi connectivity index (χ1n) is 11.5. The van der Waals surface area contributed by atoms with Crippen LogP contribution in [0.4, 0.5) is 5.13 Å². The van der Waals surface area contributed by atoms with Crippen molar-refractivity contribution < 1.29 is 33.7 Å². The number of rotatable bonds is 7. The van der Waals surface area contributed by atoms with Crippen molar-refractivity contribution in [3.63, 3.8) is 0 Å². The number of nitrogens with zero attached hydrogens (tertiary/aromatic N) is 2. The first-order valence-corrected chi connectivity index (χ1v) is 12.3. The zero-order valence-electron chi connectivity index (χ0n) is 21.0. The second kappa shape index (κ2) is 10.4. The number of ketones is 1. The van der Waals surface area contributed by atoms with E-state index in [1.54, 1.807) is 56.3 Å². The van der Waals surface area contributed by atoms with Crippen LogP contribution in [0.15, 0.2) is 48.0 Å². The van der Waals surface area contributed by atoms with Crippen molar-refractivity contribution in [3.8, 4) is 11.5 Å². The Bertz CT molecular complexity index is 1430. The molecule has 1 aliphatic heterocycles. The molecule has 1 aromatic heterocycles. The molecule has 1 amide bonds. The third kappa shape index (κ3) is 4.67. The van der Waals surface area contributed by atoms with Gasteiger partial charge in [-0.2, -0.15) is 0 Å². The summed E-state index contributed by atoms with van der Waals surface area (Å²) in [4.78, 5) is 45.1. The molecule has 0 radical (unpaired) electrons. The maximum absolute atomic E-state index is 13.4. The predicted molar refractivity (Wildman–Crippen MR) is 138 cm³/mol. The van der Waals surface area contributed by atoms with E-state index in [-0.39, 0.29) is 27.9 Å². The molecular formula is C27H26N2O7S. The van der Waals surface area contributed by atoms with Gasteiger partial charge < -0.3 is 19.3 Å². The molecule has 0 saturated carbocycles. The molecule has 0 aliphatic carbocycles. The van der Waals surface area contributed by atoms with Crippen molar-refractivity contribution in [1.29, 1.82) is 0 Å². The number of aromatic nitrogens is 1. The molecule has 1 fully saturated rings. The molecule has 10 heteroatoms. The molecule has 9 nitrogen and oxygen atoms in total. The Morgan fingerprint density at radius 1 is 1.11 bits per heavy atom. The molecule has 3 aromatic rings. The molecule has 0 bridgehead atoms. The Morgan fingerprint density at radius 3 is 2.51 bits per heavy atom. The summed E-state index contributed by atoms with van der Waals surface area (Å²) in [5.41, 5.74) is 1.89. The van der Waals surface area contributed by atoms with Gasteiger partial charge in [-0.3, -0.25) is 14.5 Å². The normalized spacial score (nSPS) is 16.7. The molecule has 2 aromatic carbocycles. The lowest BCUT2D eigenvalue weighted by Crippen LogP contribution is -2.29. The molecule has 1 saturated heterocycles. The van der Waals surface area contributed by atoms with Crippen LogP contribution < -0.4 is 14.4 Å². The van der Waals surface area contributed by atoms with Crippen LogP contribution in [-0.4, -0.2) is 48.6 Å². The SMILES string of the molecule is CCOC(=O)c1sc(N2C(=O)C(=O)/C(=C(/O)c3ccc(OC)c(C)c3)C2c2cccc(OC)c2)nc1C. The van der Waals surface area contributed by atoms with Crippen LogP contribution in [0, 0.1) is 13.8 Å². The van der Waals surface area contributed by atoms with Crippen molar-refractivity contribution >= 4 is 39.9 Å². The van der Waals surface area contributed by atoms with E-state index in [1.165, 1.54) is 19.1 Å². The van der Waals surface area contributed by atoms with Crippen molar-refractivity contribution in [1.82, 2.24) is 4.98 Å². The second-order valence-electron chi connectivity index (χ2n) is 8.26. The molecule has 1 N–H and O–H groups in total. The summed E-state index contributed by atoms with van der Waals surface area (Å²) < 4.78 is 15.8. The maximum atomic E-state index is 13.4. The zero-order valence-corrected chi connectivity index (χ0v) is 21.8. The van der Waals surface area contributed by atoms with Crippen molar-refractivity contribution in [2.24, 2.45) is 0 Å². The Hall–Kier alpha value is -4.18. The number of benzene rings is 2. The molecule has 1 unspecified atom stereocenters. The van der Waals surface area contributed by atoms with Crippen LogP contribution in [0.3, 0.4) is 0 Å². The van der Waals surface area contributed by atoms with Crippen molar-refractivity contribution in [3.05, 3.63) is 75.3 Å². The number of carbonyl (C=O) groups is 3. The van der Waals surface area contributed by atoms with E-state index in [9.17, 15) is 19.5 Å². The number of aryl methyl sites for hydroxylation is 2. The molecule has 192 valence electrons. The van der Waals surface area contributed by atoms with Gasteiger partial charge in [-0.1, -0.05) is 23.5 Å². The Kier molecular flexibility index (Phi) is 7.30. The molecule has 0 spiro atoms. The zero-order chi connectivity index (χ0) is 26.9. The van der Waals surface area contributed by atoms with E-state index >= 15 is 0 Å². The second-order valence-corrected chi connectivity index (χ2v) is 9.24. The number of anilines is 1. The van der Waals surface area contributed by atoms with Gasteiger partial charge in [-0.15, -0.1) is 0 Å². The van der Waals surface area contributed by atoms with Crippen LogP contribution in [-0.2, 0) is 14.3 Å². The average Bonchev–Trinajstić information content (AvgIpc) is 3.40. The van der Waals surface area contributed by atoms with Crippen LogP contribution >= 0.6 is 11.3 Å². The number of carbonyl (C=O) groups excluding carboxylic acids is 3. The standard InChI is InChI=1S/C27H26N2O7S/c1-6-36-26(33)24-15(3)28-27(37-24)29-21(16-8-7-9-18(13-16)34-4)20(23(31)25(29)32)22(30)17-10-11-19(35-5)14(2)12-17/h7-13,21,30H,6H2,1-5H3/b22-20+. The minimum Gasteiger partial charge on any atom is -0.507 e. The fourth-order valence-corrected chi connectivity index (χ4v) is 5.20. The highest BCUT2D eigenvalue weighted by atomic mass is 32.1. The summed E-state index contributed by atoms with van der Waals surface area (Å²) in [5, 5.41) is 11.5. The van der Waals surface area contributed by atoms with Gasteiger partial charge in [0.05, 0.1) is 38.1 Å². The highest BCUT2D eigenvalue weighted by Gasteiger charge is 2.48. The number of aliphatic hydroxyl groups excluding tert-OH is 1. The first kappa shape index (κ1) is 25.9. The van der Waals surface area contributed by atoms with Gasteiger partial charge in [0.15, 0.2) is 5.13 Å². The minimum absolute atomic E-state index is 0.103. The van der Waals surface area contributed by atoms with Gasteiger partial charge in [0.2, 0.25) is 0 Å². The fraction of sp³-hybridized carbons (Fsp3) is 0.259. The molecule has 1 atom stereocenters. The van der Waals surface area contributed by atoms with Crippen molar-refractivity contribution in [2.45, 2.75) is 26.8 Å². The highest BCUT2D eigenvalue weighted by Crippen LogP contribution is 2.44. The third-order valence-electron chi connectivity index (χ3n) is 5.97. The number of methoxy groups -OCH3 is 2. The Morgan fingerprint density at radius 2 is 1.86 bits per heavy atom. The van der Waals surface area contributed by atoms with E-state index in [0.717, 1.165) is 16.9 Å². The summed E-state index contributed by atoms with van der Waals surface area (Å²) in [5.74, 6) is -1.52. The topological polar surface area (TPSA) is 115 Å². The van der Waals surface area contributed by atoms with Gasteiger partial charge in [0, 0.05) is 5.56 Å². The lowest BCUT2D eigenvalue weighted by atomic mass is 9.94. The van der Waals surface area contributed by atoms with Crippen LogP contribution in [0.1, 0.15) is 45.0 Å². The molecule has 4 rings (SSSR count). The third-order valence-corrected chi connectivity index (χ3v) is 7.11. The first-order chi connectivity index (χ1) is 17.7. The Balaban J connectivity index is 1.93. The minimum atomic E-state index is -1.02. The van der Waals surface area contributed by atoms with Crippen LogP contribution in [0.5, 0.6) is 11.5 Å². The molecular weight excluding hydrogens is 496 g/mol. The smallest absolute Gasteiger partial charge is 0.350 e. The van der Waals surface area contributed by atoms with Gasteiger partial charge in [-0.05, 0) is 62.2 Å². The number of aliphatic hydroxyl groups is 1. The highest BCUT2D eigenvalue weighted by molar-refractivity contribution is 7.17. The van der Waals surface area contributed by atoms with Crippen molar-refractivity contribution in [2.75, 3.05) is 25.7 Å². The number of amides is 1. The summed E-state index contributed by atoms with van der Waals surface area (Å²) in [7, 11) is 3.04. The number of Topliss-reactive ketones (excluding diaryl/α,β-unsaturated/α-hetero) is 1. The van der Waals surface area contributed by atoms with Gasteiger partial charge in [0.25, 0.3) is 5.78 Å². The number of ether oxygens (including phenoxy) is 3. The van der Waals surface area contributed by atoms with E-state index in [2.05, 4.69) is 4.98 Å². The molecule has 37 heavy (non-hydrogen) atoms. The van der Waals surface area contributed by atoms with E-state index < -0.39 is 23.7 Å². The number of thiazole rings is 1. The number of esters is 1. The van der Waals surface area contributed by atoms with E-state index in [4.69, 9.17) is 14.2 Å². The van der Waals surface area contributed by atoms with Gasteiger partial charge in [0.1, 0.15) is 22.1 Å². The number of hydrogen-bond acceptors (Lipinski definition) is 9. The Labute approximate surface area is 217 Å². The quantitative estimate of drug-likeness (QED) is 0.208. The monoisotopic (exact) mass is 522 g/mol. The lowest BCUT2D eigenvalue weighted by molar-refractivity contribution is -0.132. The average molecular weight is 523 g/mol. The number of hydrogen-bond donors (Lipinski definition) is 1. The van der Waals surface area contributed by atoms with E-state index in [0.29, 0.717) is 28.3 Å². The van der Waals surface area contributed by atoms with E-state index in [1.807, 2.05) is 6.92 Å². The fourth-order valence-electron chi connectivity index (χ4n) is 4.21. The molecule has 2 heterocycles. The largest absolute Gasteiger partial charge is 0.507 e. The van der Waals surface area contributed by atoms with Gasteiger partial charge in [-0.25, -0.2) is 9.78 Å². The maximum Gasteiger partial charge on any atom is 0.350 e. The van der Waals surface area contributed by atoms with Gasteiger partial charge >= 0.3 is 11.9 Å². The summed E-state index contributed by atoms with van der Waals surface area (Å²) in [6.45, 7) is 5.31. The summed E-state index contributed by atoms with van der Waals surface area (Å²) in [6, 6.07) is 10.8. The lowest BCUT2D eigenvalue weighted by Gasteiger charge is -2.23. The van der Waals surface area contributed by atoms with Crippen LogP contribution in [0.2, 0.25) is 0 Å². The predicted octanol–water partition coefficient (Wildman–Crippen LogP) is 4.58. The van der Waals surface area contributed by atoms with Crippen LogP contribution in [0.25, 0.3) is 5.76 Å². The summed E-state index contributed by atoms with van der Waals surface area (Å²) in [6.07, 6.45) is 0.